The minimum Gasteiger partial charge on any atom is -0.480 e. The largest absolute Gasteiger partial charge is 0.480 e. The highest BCUT2D eigenvalue weighted by atomic mass is 19.4. The van der Waals surface area contributed by atoms with E-state index in [1.807, 2.05) is 0 Å². The number of rotatable bonds is 3. The van der Waals surface area contributed by atoms with Crippen molar-refractivity contribution in [3.63, 3.8) is 0 Å². The highest BCUT2D eigenvalue weighted by molar-refractivity contribution is 5.35. The number of ether oxygens (including phenoxy) is 1. The molecule has 0 aliphatic carbocycles. The maximum atomic E-state index is 12.9. The van der Waals surface area contributed by atoms with E-state index in [-0.39, 0.29) is 17.1 Å². The Morgan fingerprint density at radius 3 is 2.35 bits per heavy atom. The number of methoxy groups -OCH3 is 1. The molecule has 1 heterocycles. The van der Waals surface area contributed by atoms with E-state index in [4.69, 9.17) is 4.74 Å². The summed E-state index contributed by atoms with van der Waals surface area (Å²) in [4.78, 5) is 0. The van der Waals surface area contributed by atoms with E-state index >= 15 is 0 Å². The van der Waals surface area contributed by atoms with Crippen LogP contribution in [0.5, 0.6) is 5.88 Å². The zero-order valence-corrected chi connectivity index (χ0v) is 10.4. The Kier molecular flexibility index (Phi) is 3.89. The Labute approximate surface area is 112 Å². The summed E-state index contributed by atoms with van der Waals surface area (Å²) in [5.41, 5.74) is -1.15. The van der Waals surface area contributed by atoms with Crippen molar-refractivity contribution in [1.82, 2.24) is 10.2 Å². The van der Waals surface area contributed by atoms with Crippen molar-refractivity contribution in [1.29, 1.82) is 0 Å². The van der Waals surface area contributed by atoms with Crippen LogP contribution >= 0.6 is 0 Å². The third kappa shape index (κ3) is 2.88. The standard InChI is InChI=1S/C13H11F3N2O2/c1-20-11-7-6-10(17-18-11)12(19)8-4-2-3-5-9(8)13(14,15)16/h2-7,12,19H,1H3. The number of hydrogen-bond donors (Lipinski definition) is 1. The van der Waals surface area contributed by atoms with Crippen molar-refractivity contribution < 1.29 is 23.0 Å². The van der Waals surface area contributed by atoms with Gasteiger partial charge in [-0.3, -0.25) is 0 Å². The molecule has 0 amide bonds. The fraction of sp³-hybridized carbons (Fsp3) is 0.231. The quantitative estimate of drug-likeness (QED) is 0.941. The van der Waals surface area contributed by atoms with E-state index in [0.29, 0.717) is 0 Å². The van der Waals surface area contributed by atoms with Gasteiger partial charge in [-0.25, -0.2) is 0 Å². The van der Waals surface area contributed by atoms with Crippen LogP contribution in [0.2, 0.25) is 0 Å². The second-order valence-electron chi connectivity index (χ2n) is 3.99. The second kappa shape index (κ2) is 5.46. The lowest BCUT2D eigenvalue weighted by Crippen LogP contribution is -2.13. The highest BCUT2D eigenvalue weighted by Crippen LogP contribution is 2.35. The monoisotopic (exact) mass is 284 g/mol. The van der Waals surface area contributed by atoms with Gasteiger partial charge < -0.3 is 9.84 Å². The van der Waals surface area contributed by atoms with Gasteiger partial charge >= 0.3 is 6.18 Å². The summed E-state index contributed by atoms with van der Waals surface area (Å²) < 4.78 is 43.4. The predicted molar refractivity (Wildman–Crippen MR) is 64.1 cm³/mol. The minimum atomic E-state index is -4.54. The number of nitrogens with zero attached hydrogens (tertiary/aromatic N) is 2. The molecular weight excluding hydrogens is 273 g/mol. The van der Waals surface area contributed by atoms with Crippen LogP contribution in [-0.2, 0) is 6.18 Å². The molecule has 2 rings (SSSR count). The number of halogens is 3. The molecule has 0 bridgehead atoms. The number of hydrogen-bond acceptors (Lipinski definition) is 4. The van der Waals surface area contributed by atoms with Gasteiger partial charge in [0.2, 0.25) is 5.88 Å². The number of aromatic nitrogens is 2. The smallest absolute Gasteiger partial charge is 0.416 e. The van der Waals surface area contributed by atoms with Gasteiger partial charge in [0.05, 0.1) is 18.4 Å². The Bertz CT molecular complexity index is 585. The third-order valence-electron chi connectivity index (χ3n) is 2.71. The summed E-state index contributed by atoms with van der Waals surface area (Å²) in [5, 5.41) is 17.3. The van der Waals surface area contributed by atoms with Crippen molar-refractivity contribution in [2.24, 2.45) is 0 Å². The molecule has 2 aromatic rings. The summed E-state index contributed by atoms with van der Waals surface area (Å²) in [6, 6.07) is 7.59. The van der Waals surface area contributed by atoms with Crippen LogP contribution < -0.4 is 4.74 Å². The summed E-state index contributed by atoms with van der Waals surface area (Å²) in [6.07, 6.45) is -6.05. The molecular formula is C13H11F3N2O2. The highest BCUT2D eigenvalue weighted by Gasteiger charge is 2.35. The molecule has 1 aromatic heterocycles. The molecule has 0 saturated carbocycles. The van der Waals surface area contributed by atoms with Crippen LogP contribution in [0, 0.1) is 0 Å². The molecule has 0 spiro atoms. The van der Waals surface area contributed by atoms with Crippen LogP contribution in [0.1, 0.15) is 22.9 Å². The summed E-state index contributed by atoms with van der Waals surface area (Å²) in [5.74, 6) is 0.213. The van der Waals surface area contributed by atoms with Crippen molar-refractivity contribution >= 4 is 0 Å². The SMILES string of the molecule is COc1ccc(C(O)c2ccccc2C(F)(F)F)nn1. The fourth-order valence-corrected chi connectivity index (χ4v) is 1.74. The Morgan fingerprint density at radius 1 is 1.10 bits per heavy atom. The van der Waals surface area contributed by atoms with Gasteiger partial charge in [-0.15, -0.1) is 10.2 Å². The molecule has 1 atom stereocenters. The lowest BCUT2D eigenvalue weighted by Gasteiger charge is -2.16. The summed E-state index contributed by atoms with van der Waals surface area (Å²) in [6.45, 7) is 0. The maximum Gasteiger partial charge on any atom is 0.416 e. The molecule has 1 N–H and O–H groups in total. The average molecular weight is 284 g/mol. The first-order valence-electron chi connectivity index (χ1n) is 5.65. The number of benzene rings is 1. The molecule has 0 aliphatic rings. The van der Waals surface area contributed by atoms with Gasteiger partial charge in [-0.2, -0.15) is 13.2 Å². The first-order chi connectivity index (χ1) is 9.43. The third-order valence-corrected chi connectivity index (χ3v) is 2.71. The molecule has 106 valence electrons. The number of alkyl halides is 3. The molecule has 0 radical (unpaired) electrons. The zero-order valence-electron chi connectivity index (χ0n) is 10.4. The molecule has 1 unspecified atom stereocenters. The van der Waals surface area contributed by atoms with E-state index in [9.17, 15) is 18.3 Å². The number of aliphatic hydroxyl groups excluding tert-OH is 1. The molecule has 20 heavy (non-hydrogen) atoms. The van der Waals surface area contributed by atoms with Crippen molar-refractivity contribution in [3.8, 4) is 5.88 Å². The molecule has 4 nitrogen and oxygen atoms in total. The van der Waals surface area contributed by atoms with Crippen LogP contribution in [0.15, 0.2) is 36.4 Å². The van der Waals surface area contributed by atoms with Crippen molar-refractivity contribution in [2.75, 3.05) is 7.11 Å². The van der Waals surface area contributed by atoms with Gasteiger partial charge in [-0.1, -0.05) is 18.2 Å². The average Bonchev–Trinajstić information content (AvgIpc) is 2.46. The molecule has 1 aromatic carbocycles. The first kappa shape index (κ1) is 14.3. The van der Waals surface area contributed by atoms with E-state index in [1.54, 1.807) is 0 Å². The summed E-state index contributed by atoms with van der Waals surface area (Å²) >= 11 is 0. The van der Waals surface area contributed by atoms with Crippen LogP contribution in [-0.4, -0.2) is 22.4 Å². The van der Waals surface area contributed by atoms with E-state index < -0.39 is 17.8 Å². The fourth-order valence-electron chi connectivity index (χ4n) is 1.74. The molecule has 0 fully saturated rings. The van der Waals surface area contributed by atoms with Gasteiger partial charge in [0.1, 0.15) is 6.10 Å². The molecule has 0 saturated heterocycles. The second-order valence-corrected chi connectivity index (χ2v) is 3.99. The molecule has 7 heteroatoms. The Hall–Kier alpha value is -2.15. The Morgan fingerprint density at radius 2 is 1.80 bits per heavy atom. The Balaban J connectivity index is 2.40. The summed E-state index contributed by atoms with van der Waals surface area (Å²) in [7, 11) is 1.39. The van der Waals surface area contributed by atoms with Crippen molar-refractivity contribution in [3.05, 3.63) is 53.2 Å². The van der Waals surface area contributed by atoms with Crippen LogP contribution in [0.25, 0.3) is 0 Å². The minimum absolute atomic E-state index is 0.0162. The van der Waals surface area contributed by atoms with Crippen molar-refractivity contribution in [2.45, 2.75) is 12.3 Å². The van der Waals surface area contributed by atoms with Gasteiger partial charge in [-0.05, 0) is 17.7 Å². The van der Waals surface area contributed by atoms with E-state index in [1.165, 1.54) is 37.4 Å². The van der Waals surface area contributed by atoms with Gasteiger partial charge in [0.15, 0.2) is 0 Å². The number of aliphatic hydroxyl groups is 1. The topological polar surface area (TPSA) is 55.2 Å². The zero-order chi connectivity index (χ0) is 14.8. The van der Waals surface area contributed by atoms with Crippen LogP contribution in [0.3, 0.4) is 0 Å². The first-order valence-corrected chi connectivity index (χ1v) is 5.65. The van der Waals surface area contributed by atoms with E-state index in [0.717, 1.165) is 6.07 Å². The lowest BCUT2D eigenvalue weighted by atomic mass is 10.00. The van der Waals surface area contributed by atoms with E-state index in [2.05, 4.69) is 10.2 Å². The lowest BCUT2D eigenvalue weighted by molar-refractivity contribution is -0.139. The normalized spacial score (nSPS) is 13.1. The maximum absolute atomic E-state index is 12.9. The van der Waals surface area contributed by atoms with Gasteiger partial charge in [0.25, 0.3) is 0 Å². The predicted octanol–water partition coefficient (Wildman–Crippen LogP) is 2.59. The van der Waals surface area contributed by atoms with Gasteiger partial charge in [0, 0.05) is 6.07 Å². The molecule has 0 aliphatic heterocycles. The van der Waals surface area contributed by atoms with Crippen LogP contribution in [0.4, 0.5) is 13.2 Å².